The minimum Gasteiger partial charge on any atom is -0.373 e. The number of morpholine rings is 2. The standard InChI is InChI=1S/C27H31N9O2/c1-15-6-19(15)27(37)31-23-7-20-21(8-29-23)25(28-2)30-9-22(20)26-32-24-5-4-16(10-36(24)33-26)35-13-17-11-34(3)12-18(14-35)38-17/h4-5,7-10,15,17-19H,6,11-14H2,1-3H3,(H,28,30)(H,29,31,37)/t15-,17?,18?,19+/m1/s1. The molecular formula is C27H31N9O2. The fourth-order valence-electron chi connectivity index (χ4n) is 5.77. The molecule has 11 heteroatoms. The fraction of sp³-hybridized carbons (Fsp3) is 0.444. The molecular weight excluding hydrogens is 482 g/mol. The van der Waals surface area contributed by atoms with Gasteiger partial charge in [-0.25, -0.2) is 19.5 Å². The SMILES string of the molecule is CNc1ncc(-c2nc3ccc(N4CC5CN(C)CC(C4)O5)cn3n2)c2cc(NC(=O)[C@H]3C[C@H]3C)ncc12. The topological polar surface area (TPSA) is 113 Å². The van der Waals surface area contributed by atoms with E-state index in [0.717, 1.165) is 60.3 Å². The largest absolute Gasteiger partial charge is 0.373 e. The molecule has 2 bridgehead atoms. The van der Waals surface area contributed by atoms with Gasteiger partial charge in [-0.15, -0.1) is 5.10 Å². The molecule has 7 rings (SSSR count). The number of anilines is 3. The number of fused-ring (bicyclic) bond motifs is 4. The quantitative estimate of drug-likeness (QED) is 0.416. The second-order valence-electron chi connectivity index (χ2n) is 10.8. The van der Waals surface area contributed by atoms with Gasteiger partial charge >= 0.3 is 0 Å². The molecule has 0 aromatic carbocycles. The smallest absolute Gasteiger partial charge is 0.228 e. The summed E-state index contributed by atoms with van der Waals surface area (Å²) in [5.41, 5.74) is 2.65. The first-order chi connectivity index (χ1) is 18.4. The minimum atomic E-state index is 0.0195. The van der Waals surface area contributed by atoms with E-state index in [9.17, 15) is 4.79 Å². The normalized spacial score (nSPS) is 25.1. The highest BCUT2D eigenvalue weighted by Crippen LogP contribution is 2.39. The molecule has 3 fully saturated rings. The molecule has 6 heterocycles. The summed E-state index contributed by atoms with van der Waals surface area (Å²) >= 11 is 0. The van der Waals surface area contributed by atoms with Crippen LogP contribution in [0.4, 0.5) is 17.3 Å². The molecule has 4 aromatic rings. The van der Waals surface area contributed by atoms with Gasteiger partial charge in [-0.3, -0.25) is 4.79 Å². The Kier molecular flexibility index (Phi) is 5.45. The molecule has 1 amide bonds. The Bertz CT molecular complexity index is 1530. The highest BCUT2D eigenvalue weighted by Gasteiger charge is 2.39. The third-order valence-electron chi connectivity index (χ3n) is 7.89. The van der Waals surface area contributed by atoms with E-state index in [1.165, 1.54) is 0 Å². The maximum absolute atomic E-state index is 12.5. The number of pyridine rings is 3. The second-order valence-corrected chi connectivity index (χ2v) is 10.8. The van der Waals surface area contributed by atoms with Crippen LogP contribution in [-0.4, -0.2) is 87.9 Å². The summed E-state index contributed by atoms with van der Waals surface area (Å²) in [6.07, 6.45) is 6.91. The average molecular weight is 514 g/mol. The maximum Gasteiger partial charge on any atom is 0.228 e. The van der Waals surface area contributed by atoms with E-state index in [-0.39, 0.29) is 24.0 Å². The number of hydrogen-bond acceptors (Lipinski definition) is 9. The van der Waals surface area contributed by atoms with Gasteiger partial charge in [-0.05, 0) is 37.6 Å². The van der Waals surface area contributed by atoms with Crippen LogP contribution in [0.1, 0.15) is 13.3 Å². The Labute approximate surface area is 220 Å². The summed E-state index contributed by atoms with van der Waals surface area (Å²) in [5, 5.41) is 12.7. The molecule has 11 nitrogen and oxygen atoms in total. The molecule has 2 unspecified atom stereocenters. The van der Waals surface area contributed by atoms with Gasteiger partial charge in [0.25, 0.3) is 0 Å². The number of nitrogens with zero attached hydrogens (tertiary/aromatic N) is 7. The van der Waals surface area contributed by atoms with Gasteiger partial charge in [0.1, 0.15) is 11.6 Å². The zero-order valence-electron chi connectivity index (χ0n) is 21.8. The van der Waals surface area contributed by atoms with Crippen LogP contribution in [0, 0.1) is 11.8 Å². The van der Waals surface area contributed by atoms with Crippen LogP contribution < -0.4 is 15.5 Å². The lowest BCUT2D eigenvalue weighted by molar-refractivity contribution is -0.117. The Hall–Kier alpha value is -3.83. The van der Waals surface area contributed by atoms with Crippen molar-refractivity contribution in [3.8, 4) is 11.4 Å². The van der Waals surface area contributed by atoms with E-state index in [1.54, 1.807) is 12.4 Å². The lowest BCUT2D eigenvalue weighted by Gasteiger charge is -2.45. The molecule has 196 valence electrons. The van der Waals surface area contributed by atoms with Crippen LogP contribution >= 0.6 is 0 Å². The maximum atomic E-state index is 12.5. The molecule has 0 radical (unpaired) electrons. The first-order valence-electron chi connectivity index (χ1n) is 13.2. The minimum absolute atomic E-state index is 0.0195. The molecule has 2 aliphatic heterocycles. The number of nitrogens with one attached hydrogen (secondary N) is 2. The number of rotatable bonds is 5. The molecule has 4 aromatic heterocycles. The summed E-state index contributed by atoms with van der Waals surface area (Å²) in [4.78, 5) is 31.2. The average Bonchev–Trinajstić information content (AvgIpc) is 3.49. The number of amides is 1. The zero-order chi connectivity index (χ0) is 26.0. The van der Waals surface area contributed by atoms with Crippen molar-refractivity contribution < 1.29 is 9.53 Å². The molecule has 38 heavy (non-hydrogen) atoms. The van der Waals surface area contributed by atoms with E-state index >= 15 is 0 Å². The summed E-state index contributed by atoms with van der Waals surface area (Å²) in [6.45, 7) is 5.69. The fourth-order valence-corrected chi connectivity index (χ4v) is 5.77. The Morgan fingerprint density at radius 1 is 1.08 bits per heavy atom. The van der Waals surface area contributed by atoms with Crippen LogP contribution in [0.15, 0.2) is 36.8 Å². The predicted molar refractivity (Wildman–Crippen MR) is 145 cm³/mol. The van der Waals surface area contributed by atoms with Crippen LogP contribution in [0.5, 0.6) is 0 Å². The molecule has 2 saturated heterocycles. The molecule has 3 aliphatic rings. The molecule has 2 N–H and O–H groups in total. The number of ether oxygens (including phenoxy) is 1. The predicted octanol–water partition coefficient (Wildman–Crippen LogP) is 2.49. The lowest BCUT2D eigenvalue weighted by atomic mass is 10.1. The van der Waals surface area contributed by atoms with E-state index in [2.05, 4.69) is 50.4 Å². The van der Waals surface area contributed by atoms with Crippen molar-refractivity contribution in [1.82, 2.24) is 29.5 Å². The Morgan fingerprint density at radius 2 is 1.87 bits per heavy atom. The van der Waals surface area contributed by atoms with Gasteiger partial charge in [0.05, 0.1) is 24.1 Å². The third-order valence-corrected chi connectivity index (χ3v) is 7.89. The highest BCUT2D eigenvalue weighted by atomic mass is 16.5. The first kappa shape index (κ1) is 23.3. The third kappa shape index (κ3) is 4.11. The van der Waals surface area contributed by atoms with Crippen LogP contribution in [0.25, 0.3) is 27.8 Å². The van der Waals surface area contributed by atoms with Crippen LogP contribution in [0.2, 0.25) is 0 Å². The van der Waals surface area contributed by atoms with Gasteiger partial charge in [0.2, 0.25) is 5.91 Å². The van der Waals surface area contributed by atoms with Crippen molar-refractivity contribution in [1.29, 1.82) is 0 Å². The van der Waals surface area contributed by atoms with E-state index in [1.807, 2.05) is 29.9 Å². The van der Waals surface area contributed by atoms with E-state index in [0.29, 0.717) is 23.4 Å². The van der Waals surface area contributed by atoms with Gasteiger partial charge in [0.15, 0.2) is 11.5 Å². The van der Waals surface area contributed by atoms with Crippen molar-refractivity contribution in [2.24, 2.45) is 11.8 Å². The van der Waals surface area contributed by atoms with Gasteiger partial charge < -0.3 is 25.2 Å². The van der Waals surface area contributed by atoms with E-state index < -0.39 is 0 Å². The van der Waals surface area contributed by atoms with Crippen LogP contribution in [-0.2, 0) is 9.53 Å². The lowest BCUT2D eigenvalue weighted by Crippen LogP contribution is -2.58. The second kappa shape index (κ2) is 8.88. The number of carbonyl (C=O) groups is 1. The number of aromatic nitrogens is 5. The zero-order valence-corrected chi connectivity index (χ0v) is 21.8. The number of hydrogen-bond donors (Lipinski definition) is 2. The Morgan fingerprint density at radius 3 is 2.61 bits per heavy atom. The molecule has 0 spiro atoms. The monoisotopic (exact) mass is 513 g/mol. The van der Waals surface area contributed by atoms with Crippen molar-refractivity contribution in [3.05, 3.63) is 36.8 Å². The van der Waals surface area contributed by atoms with Crippen molar-refractivity contribution in [3.63, 3.8) is 0 Å². The van der Waals surface area contributed by atoms with Crippen molar-refractivity contribution in [2.45, 2.75) is 25.6 Å². The summed E-state index contributed by atoms with van der Waals surface area (Å²) in [6, 6.07) is 6.00. The van der Waals surface area contributed by atoms with E-state index in [4.69, 9.17) is 14.8 Å². The van der Waals surface area contributed by atoms with Crippen LogP contribution in [0.3, 0.4) is 0 Å². The molecule has 1 saturated carbocycles. The first-order valence-corrected chi connectivity index (χ1v) is 13.2. The highest BCUT2D eigenvalue weighted by molar-refractivity contribution is 6.03. The Balaban J connectivity index is 1.23. The number of carbonyl (C=O) groups excluding carboxylic acids is 1. The van der Waals surface area contributed by atoms with Gasteiger partial charge in [-0.2, -0.15) is 0 Å². The molecule has 4 atom stereocenters. The summed E-state index contributed by atoms with van der Waals surface area (Å²) in [7, 11) is 3.98. The summed E-state index contributed by atoms with van der Waals surface area (Å²) in [5.74, 6) is 2.31. The van der Waals surface area contributed by atoms with Crippen molar-refractivity contribution >= 4 is 39.6 Å². The molecule has 1 aliphatic carbocycles. The van der Waals surface area contributed by atoms with Gasteiger partial charge in [0, 0.05) is 67.9 Å². The van der Waals surface area contributed by atoms with Crippen molar-refractivity contribution in [2.75, 3.05) is 55.8 Å². The van der Waals surface area contributed by atoms with Gasteiger partial charge in [-0.1, -0.05) is 6.92 Å². The number of likely N-dealkylation sites (N-methyl/N-ethyl adjacent to an activating group) is 1. The summed E-state index contributed by atoms with van der Waals surface area (Å²) < 4.78 is 7.98.